The molecule has 6 atom stereocenters. The smallest absolute Gasteiger partial charge is 0.388 e. The number of ether oxygens (including phenoxy) is 2. The molecule has 1 fully saturated rings. The van der Waals surface area contributed by atoms with Gasteiger partial charge in [0.15, 0.2) is 11.3 Å². The highest BCUT2D eigenvalue weighted by Crippen LogP contribution is 2.40. The van der Waals surface area contributed by atoms with Crippen molar-refractivity contribution in [3.8, 4) is 0 Å². The summed E-state index contributed by atoms with van der Waals surface area (Å²) < 4.78 is 62.7. The van der Waals surface area contributed by atoms with Gasteiger partial charge in [-0.15, -0.1) is 0 Å². The molecule has 0 aromatic heterocycles. The summed E-state index contributed by atoms with van der Waals surface area (Å²) in [4.78, 5) is 5.86. The van der Waals surface area contributed by atoms with Crippen LogP contribution in [0.2, 0.25) is 0 Å². The van der Waals surface area contributed by atoms with Gasteiger partial charge < -0.3 is 24.6 Å². The largest absolute Gasteiger partial charge is 0.417 e. The highest BCUT2D eigenvalue weighted by Gasteiger charge is 2.57. The minimum absolute atomic E-state index is 0.243. The fourth-order valence-electron chi connectivity index (χ4n) is 2.80. The number of rotatable bonds is 7. The fourth-order valence-corrected chi connectivity index (χ4v) is 3.95. The molecule has 0 radical (unpaired) electrons. The van der Waals surface area contributed by atoms with Gasteiger partial charge in [-0.3, -0.25) is 9.38 Å². The van der Waals surface area contributed by atoms with Crippen molar-refractivity contribution < 1.29 is 37.2 Å². The van der Waals surface area contributed by atoms with Gasteiger partial charge in [0.25, 0.3) is 0 Å². The predicted molar refractivity (Wildman–Crippen MR) is 88.8 cm³/mol. The topological polar surface area (TPSA) is 74.5 Å². The first-order valence-corrected chi connectivity index (χ1v) is 9.22. The second-order valence-corrected chi connectivity index (χ2v) is 7.51. The minimum Gasteiger partial charge on any atom is -0.388 e. The van der Waals surface area contributed by atoms with Gasteiger partial charge in [0.2, 0.25) is 0 Å². The van der Waals surface area contributed by atoms with Gasteiger partial charge in [0, 0.05) is 20.7 Å². The molecule has 152 valence electrons. The SMILES string of the molecule is CN(C)C1=NC2C(OC(C(OCCCCCF)C(F)(F)F)C(O)C2O)S1. The van der Waals surface area contributed by atoms with Crippen LogP contribution in [0.1, 0.15) is 19.3 Å². The maximum atomic E-state index is 13.4. The van der Waals surface area contributed by atoms with E-state index in [0.29, 0.717) is 11.6 Å². The number of hydrogen-bond acceptors (Lipinski definition) is 7. The van der Waals surface area contributed by atoms with Crippen LogP contribution in [0, 0.1) is 0 Å². The Morgan fingerprint density at radius 1 is 1.23 bits per heavy atom. The molecular weight excluding hydrogens is 380 g/mol. The maximum absolute atomic E-state index is 13.4. The van der Waals surface area contributed by atoms with Crippen molar-refractivity contribution in [1.29, 1.82) is 0 Å². The van der Waals surface area contributed by atoms with Crippen molar-refractivity contribution in [3.63, 3.8) is 0 Å². The molecule has 11 heteroatoms. The van der Waals surface area contributed by atoms with Gasteiger partial charge >= 0.3 is 6.18 Å². The molecule has 2 N–H and O–H groups in total. The molecule has 26 heavy (non-hydrogen) atoms. The zero-order valence-corrected chi connectivity index (χ0v) is 15.3. The van der Waals surface area contributed by atoms with Gasteiger partial charge in [-0.2, -0.15) is 13.2 Å². The number of nitrogens with zero attached hydrogens (tertiary/aromatic N) is 2. The van der Waals surface area contributed by atoms with Crippen LogP contribution in [0.4, 0.5) is 17.6 Å². The molecule has 1 saturated heterocycles. The molecule has 2 aliphatic rings. The van der Waals surface area contributed by atoms with Gasteiger partial charge in [0.05, 0.1) is 6.67 Å². The van der Waals surface area contributed by atoms with E-state index in [1.54, 1.807) is 19.0 Å². The van der Waals surface area contributed by atoms with Crippen LogP contribution >= 0.6 is 11.8 Å². The average molecular weight is 404 g/mol. The van der Waals surface area contributed by atoms with Crippen LogP contribution in [-0.4, -0.2) is 89.7 Å². The van der Waals surface area contributed by atoms with Crippen molar-refractivity contribution in [2.24, 2.45) is 4.99 Å². The lowest BCUT2D eigenvalue weighted by atomic mass is 9.94. The number of alkyl halides is 4. The Labute approximate surface area is 153 Å². The maximum Gasteiger partial charge on any atom is 0.417 e. The zero-order chi connectivity index (χ0) is 19.5. The Bertz CT molecular complexity index is 495. The molecule has 0 saturated carbocycles. The van der Waals surface area contributed by atoms with Crippen LogP contribution < -0.4 is 0 Å². The number of thioether (sulfide) groups is 1. The summed E-state index contributed by atoms with van der Waals surface area (Å²) in [5.74, 6) is 0. The molecule has 0 amide bonds. The Balaban J connectivity index is 2.06. The van der Waals surface area contributed by atoms with E-state index in [0.717, 1.165) is 11.8 Å². The van der Waals surface area contributed by atoms with Crippen molar-refractivity contribution in [1.82, 2.24) is 4.90 Å². The van der Waals surface area contributed by atoms with Gasteiger partial charge in [-0.05, 0) is 19.3 Å². The minimum atomic E-state index is -4.78. The molecule has 0 bridgehead atoms. The summed E-state index contributed by atoms with van der Waals surface area (Å²) in [7, 11) is 3.42. The number of unbranched alkanes of at least 4 members (excludes halogenated alkanes) is 2. The lowest BCUT2D eigenvalue weighted by Crippen LogP contribution is -2.61. The average Bonchev–Trinajstić information content (AvgIpc) is 2.98. The lowest BCUT2D eigenvalue weighted by Gasteiger charge is -2.41. The first-order valence-electron chi connectivity index (χ1n) is 8.34. The van der Waals surface area contributed by atoms with E-state index in [-0.39, 0.29) is 19.4 Å². The molecule has 0 spiro atoms. The standard InChI is InChI=1S/C15H24F4N2O4S/c1-21(2)14-20-8-9(22)10(23)11(25-13(8)26-14)12(15(17,18)19)24-7-5-3-4-6-16/h8-13,22-23H,3-7H2,1-2H3. The van der Waals surface area contributed by atoms with Crippen LogP contribution in [0.3, 0.4) is 0 Å². The Morgan fingerprint density at radius 3 is 2.50 bits per heavy atom. The number of aliphatic hydroxyl groups is 2. The Hall–Kier alpha value is -0.620. The summed E-state index contributed by atoms with van der Waals surface area (Å²) in [6.45, 7) is -0.776. The summed E-state index contributed by atoms with van der Waals surface area (Å²) in [5, 5.41) is 20.9. The van der Waals surface area contributed by atoms with Crippen LogP contribution in [0.15, 0.2) is 4.99 Å². The number of fused-ring (bicyclic) bond motifs is 1. The third kappa shape index (κ3) is 5.00. The van der Waals surface area contributed by atoms with E-state index in [1.165, 1.54) is 0 Å². The number of hydrogen-bond donors (Lipinski definition) is 2. The Morgan fingerprint density at radius 2 is 1.92 bits per heavy atom. The van der Waals surface area contributed by atoms with Crippen molar-refractivity contribution in [2.45, 2.75) is 61.3 Å². The fraction of sp³-hybridized carbons (Fsp3) is 0.933. The molecule has 2 rings (SSSR count). The van der Waals surface area contributed by atoms with E-state index in [4.69, 9.17) is 9.47 Å². The van der Waals surface area contributed by atoms with Gasteiger partial charge in [-0.25, -0.2) is 0 Å². The van der Waals surface area contributed by atoms with E-state index in [9.17, 15) is 27.8 Å². The van der Waals surface area contributed by atoms with Gasteiger partial charge in [0.1, 0.15) is 29.8 Å². The highest BCUT2D eigenvalue weighted by molar-refractivity contribution is 8.14. The lowest BCUT2D eigenvalue weighted by molar-refractivity contribution is -0.284. The quantitative estimate of drug-likeness (QED) is 0.496. The summed E-state index contributed by atoms with van der Waals surface area (Å²) in [6.07, 6.45) is -11.3. The molecule has 0 aliphatic carbocycles. The van der Waals surface area contributed by atoms with Crippen LogP contribution in [0.5, 0.6) is 0 Å². The number of amidine groups is 1. The van der Waals surface area contributed by atoms with E-state index >= 15 is 0 Å². The third-order valence-electron chi connectivity index (χ3n) is 4.17. The monoisotopic (exact) mass is 404 g/mol. The van der Waals surface area contributed by atoms with Crippen LogP contribution in [0.25, 0.3) is 0 Å². The molecule has 2 heterocycles. The van der Waals surface area contributed by atoms with Crippen molar-refractivity contribution >= 4 is 16.9 Å². The second-order valence-electron chi connectivity index (χ2n) is 6.45. The van der Waals surface area contributed by atoms with E-state index in [1.807, 2.05) is 0 Å². The number of halogens is 4. The first-order chi connectivity index (χ1) is 12.2. The summed E-state index contributed by atoms with van der Waals surface area (Å²) in [6, 6.07) is -0.845. The van der Waals surface area contributed by atoms with E-state index < -0.39 is 48.7 Å². The van der Waals surface area contributed by atoms with Crippen molar-refractivity contribution in [3.05, 3.63) is 0 Å². The van der Waals surface area contributed by atoms with Crippen molar-refractivity contribution in [2.75, 3.05) is 27.4 Å². The van der Waals surface area contributed by atoms with Crippen LogP contribution in [-0.2, 0) is 9.47 Å². The molecule has 0 aromatic rings. The van der Waals surface area contributed by atoms with Gasteiger partial charge in [-0.1, -0.05) is 11.8 Å². The summed E-state index contributed by atoms with van der Waals surface area (Å²) in [5.41, 5.74) is -0.837. The first kappa shape index (κ1) is 21.7. The predicted octanol–water partition coefficient (Wildman–Crippen LogP) is 1.55. The third-order valence-corrected chi connectivity index (χ3v) is 5.47. The number of aliphatic hydroxyl groups excluding tert-OH is 2. The molecule has 0 aromatic carbocycles. The molecule has 6 nitrogen and oxygen atoms in total. The number of aliphatic imine (C=N–C) groups is 1. The highest BCUT2D eigenvalue weighted by atomic mass is 32.2. The Kier molecular flexibility index (Phi) is 7.54. The summed E-state index contributed by atoms with van der Waals surface area (Å²) >= 11 is 1.09. The molecule has 6 unspecified atom stereocenters. The molecular formula is C15H24F4N2O4S. The normalized spacial score (nSPS) is 32.9. The second kappa shape index (κ2) is 9.05. The van der Waals surface area contributed by atoms with E-state index in [2.05, 4.69) is 4.99 Å². The zero-order valence-electron chi connectivity index (χ0n) is 14.5. The molecule has 2 aliphatic heterocycles.